The number of hydrogen-bond donors (Lipinski definition) is 1. The summed E-state index contributed by atoms with van der Waals surface area (Å²) in [5, 5.41) is 3.55. The second-order valence-corrected chi connectivity index (χ2v) is 6.05. The largest absolute Gasteiger partial charge is 0.384 e. The fraction of sp³-hybridized carbons (Fsp3) is 0.250. The molecule has 0 saturated carbocycles. The molecule has 1 atom stereocenters. The van der Waals surface area contributed by atoms with Crippen molar-refractivity contribution in [3.05, 3.63) is 59.7 Å². The van der Waals surface area contributed by atoms with Crippen LogP contribution in [0, 0.1) is 0 Å². The molecule has 0 radical (unpaired) electrons. The van der Waals surface area contributed by atoms with E-state index in [-0.39, 0.29) is 0 Å². The molecule has 98 valence electrons. The number of fused-ring (bicyclic) bond motifs is 1. The second-order valence-electron chi connectivity index (χ2n) is 4.72. The molecular formula is C16H16ClNS. The molecule has 0 aliphatic carbocycles. The Hall–Kier alpha value is -1.12. The maximum atomic E-state index is 5.96. The Morgan fingerprint density at radius 1 is 1.11 bits per heavy atom. The zero-order valence-corrected chi connectivity index (χ0v) is 12.2. The minimum atomic E-state index is 0.555. The lowest BCUT2D eigenvalue weighted by Crippen LogP contribution is -2.13. The molecular weight excluding hydrogens is 274 g/mol. The summed E-state index contributed by atoms with van der Waals surface area (Å²) in [6.45, 7) is 0.970. The lowest BCUT2D eigenvalue weighted by atomic mass is 10.0. The topological polar surface area (TPSA) is 12.0 Å². The third-order valence-corrected chi connectivity index (χ3v) is 5.04. The standard InChI is InChI=1S/C16H16ClNS/c17-9-12-5-1-3-7-15(12)18-10-13-11-19-16-8-4-2-6-14(13)16/h1-8,13,18H,9-11H2. The predicted octanol–water partition coefficient (Wildman–Crippen LogP) is 4.73. The van der Waals surface area contributed by atoms with E-state index in [9.17, 15) is 0 Å². The monoisotopic (exact) mass is 289 g/mol. The first-order valence-electron chi connectivity index (χ1n) is 6.48. The molecule has 0 amide bonds. The van der Waals surface area contributed by atoms with E-state index in [2.05, 4.69) is 47.8 Å². The van der Waals surface area contributed by atoms with Crippen LogP contribution in [0.1, 0.15) is 17.0 Å². The van der Waals surface area contributed by atoms with Crippen molar-refractivity contribution in [3.63, 3.8) is 0 Å². The Morgan fingerprint density at radius 3 is 2.79 bits per heavy atom. The molecule has 2 aromatic carbocycles. The zero-order valence-electron chi connectivity index (χ0n) is 10.6. The number of anilines is 1. The highest BCUT2D eigenvalue weighted by Crippen LogP contribution is 2.39. The van der Waals surface area contributed by atoms with Crippen LogP contribution >= 0.6 is 23.4 Å². The van der Waals surface area contributed by atoms with Crippen LogP contribution in [-0.4, -0.2) is 12.3 Å². The maximum absolute atomic E-state index is 5.96. The summed E-state index contributed by atoms with van der Waals surface area (Å²) < 4.78 is 0. The summed E-state index contributed by atoms with van der Waals surface area (Å²) in [5.74, 6) is 2.30. The smallest absolute Gasteiger partial charge is 0.0494 e. The van der Waals surface area contributed by atoms with Crippen LogP contribution in [0.5, 0.6) is 0 Å². The zero-order chi connectivity index (χ0) is 13.1. The van der Waals surface area contributed by atoms with Gasteiger partial charge in [0, 0.05) is 34.7 Å². The van der Waals surface area contributed by atoms with Gasteiger partial charge in [0.2, 0.25) is 0 Å². The number of hydrogen-bond acceptors (Lipinski definition) is 2. The van der Waals surface area contributed by atoms with Gasteiger partial charge in [0.1, 0.15) is 0 Å². The van der Waals surface area contributed by atoms with Crippen LogP contribution in [-0.2, 0) is 5.88 Å². The Kier molecular flexibility index (Phi) is 4.00. The summed E-state index contributed by atoms with van der Waals surface area (Å²) in [5.41, 5.74) is 3.80. The number of rotatable bonds is 4. The van der Waals surface area contributed by atoms with Crippen LogP contribution in [0.15, 0.2) is 53.4 Å². The summed E-state index contributed by atoms with van der Waals surface area (Å²) in [4.78, 5) is 1.43. The molecule has 3 rings (SSSR count). The molecule has 2 aromatic rings. The molecule has 0 fully saturated rings. The highest BCUT2D eigenvalue weighted by Gasteiger charge is 2.22. The molecule has 3 heteroatoms. The van der Waals surface area contributed by atoms with Crippen molar-refractivity contribution < 1.29 is 0 Å². The van der Waals surface area contributed by atoms with Crippen molar-refractivity contribution in [1.29, 1.82) is 0 Å². The van der Waals surface area contributed by atoms with Crippen molar-refractivity contribution in [2.24, 2.45) is 0 Å². The summed E-state index contributed by atoms with van der Waals surface area (Å²) in [6, 6.07) is 17.0. The van der Waals surface area contributed by atoms with Gasteiger partial charge in [-0.2, -0.15) is 0 Å². The number of thioether (sulfide) groups is 1. The molecule has 0 saturated heterocycles. The highest BCUT2D eigenvalue weighted by molar-refractivity contribution is 7.99. The first-order valence-corrected chi connectivity index (χ1v) is 8.00. The third-order valence-electron chi connectivity index (χ3n) is 3.50. The average molecular weight is 290 g/mol. The highest BCUT2D eigenvalue weighted by atomic mass is 35.5. The van der Waals surface area contributed by atoms with Crippen molar-refractivity contribution in [3.8, 4) is 0 Å². The van der Waals surface area contributed by atoms with E-state index in [0.29, 0.717) is 11.8 Å². The van der Waals surface area contributed by atoms with Crippen LogP contribution < -0.4 is 5.32 Å². The normalized spacial score (nSPS) is 17.2. The van der Waals surface area contributed by atoms with E-state index in [4.69, 9.17) is 11.6 Å². The molecule has 1 aliphatic rings. The Morgan fingerprint density at radius 2 is 1.89 bits per heavy atom. The SMILES string of the molecule is ClCc1ccccc1NCC1CSc2ccccc21. The second kappa shape index (κ2) is 5.89. The molecule has 1 nitrogen and oxygen atoms in total. The molecule has 1 heterocycles. The third kappa shape index (κ3) is 2.75. The van der Waals surface area contributed by atoms with E-state index in [0.717, 1.165) is 18.0 Å². The molecule has 1 unspecified atom stereocenters. The predicted molar refractivity (Wildman–Crippen MR) is 84.4 cm³/mol. The van der Waals surface area contributed by atoms with Gasteiger partial charge in [-0.1, -0.05) is 36.4 Å². The van der Waals surface area contributed by atoms with Gasteiger partial charge in [-0.05, 0) is 23.3 Å². The Labute approximate surface area is 123 Å². The lowest BCUT2D eigenvalue weighted by Gasteiger charge is -2.15. The number of halogens is 1. The molecule has 0 aromatic heterocycles. The van der Waals surface area contributed by atoms with Gasteiger partial charge in [-0.15, -0.1) is 23.4 Å². The van der Waals surface area contributed by atoms with Gasteiger partial charge < -0.3 is 5.32 Å². The summed E-state index contributed by atoms with van der Waals surface area (Å²) >= 11 is 7.92. The minimum Gasteiger partial charge on any atom is -0.384 e. The van der Waals surface area contributed by atoms with Gasteiger partial charge in [-0.25, -0.2) is 0 Å². The van der Waals surface area contributed by atoms with Crippen molar-refractivity contribution in [2.45, 2.75) is 16.7 Å². The van der Waals surface area contributed by atoms with E-state index in [1.54, 1.807) is 0 Å². The van der Waals surface area contributed by atoms with Crippen molar-refractivity contribution >= 4 is 29.1 Å². The fourth-order valence-corrected chi connectivity index (χ4v) is 3.93. The molecule has 1 aliphatic heterocycles. The number of benzene rings is 2. The quantitative estimate of drug-likeness (QED) is 0.817. The van der Waals surface area contributed by atoms with E-state index in [1.807, 2.05) is 17.8 Å². The summed E-state index contributed by atoms with van der Waals surface area (Å²) in [7, 11) is 0. The molecule has 0 bridgehead atoms. The minimum absolute atomic E-state index is 0.555. The van der Waals surface area contributed by atoms with E-state index in [1.165, 1.54) is 16.0 Å². The van der Waals surface area contributed by atoms with Crippen molar-refractivity contribution in [1.82, 2.24) is 0 Å². The Bertz CT molecular complexity index is 570. The van der Waals surface area contributed by atoms with Crippen LogP contribution in [0.3, 0.4) is 0 Å². The number of alkyl halides is 1. The molecule has 0 spiro atoms. The van der Waals surface area contributed by atoms with Crippen LogP contribution in [0.25, 0.3) is 0 Å². The fourth-order valence-electron chi connectivity index (χ4n) is 2.44. The van der Waals surface area contributed by atoms with Gasteiger partial charge in [0.25, 0.3) is 0 Å². The van der Waals surface area contributed by atoms with Crippen LogP contribution in [0.2, 0.25) is 0 Å². The number of nitrogens with one attached hydrogen (secondary N) is 1. The average Bonchev–Trinajstić information content (AvgIpc) is 2.89. The number of para-hydroxylation sites is 1. The van der Waals surface area contributed by atoms with E-state index < -0.39 is 0 Å². The van der Waals surface area contributed by atoms with Gasteiger partial charge in [-0.3, -0.25) is 0 Å². The van der Waals surface area contributed by atoms with Crippen molar-refractivity contribution in [2.75, 3.05) is 17.6 Å². The Balaban J connectivity index is 1.71. The van der Waals surface area contributed by atoms with Gasteiger partial charge >= 0.3 is 0 Å². The first kappa shape index (κ1) is 12.9. The van der Waals surface area contributed by atoms with Crippen LogP contribution in [0.4, 0.5) is 5.69 Å². The lowest BCUT2D eigenvalue weighted by molar-refractivity contribution is 0.818. The van der Waals surface area contributed by atoms with Gasteiger partial charge in [0.05, 0.1) is 0 Å². The van der Waals surface area contributed by atoms with Gasteiger partial charge in [0.15, 0.2) is 0 Å². The summed E-state index contributed by atoms with van der Waals surface area (Å²) in [6.07, 6.45) is 0. The maximum Gasteiger partial charge on any atom is 0.0494 e. The first-order chi connectivity index (χ1) is 9.38. The van der Waals surface area contributed by atoms with E-state index >= 15 is 0 Å². The molecule has 19 heavy (non-hydrogen) atoms. The molecule has 1 N–H and O–H groups in total.